The largest absolute Gasteiger partial charge is 0.495 e. The number of carbonyl (C=O) groups excluding carboxylic acids is 1. The summed E-state index contributed by atoms with van der Waals surface area (Å²) in [5, 5.41) is 9.12. The molecule has 0 spiro atoms. The summed E-state index contributed by atoms with van der Waals surface area (Å²) in [5.74, 6) is 0.172. The second kappa shape index (κ2) is 8.96. The zero-order valence-corrected chi connectivity index (χ0v) is 18.8. The number of methoxy groups -OCH3 is 1. The second-order valence-electron chi connectivity index (χ2n) is 7.72. The maximum atomic E-state index is 12.7. The van der Waals surface area contributed by atoms with E-state index in [1.165, 1.54) is 17.9 Å². The van der Waals surface area contributed by atoms with Gasteiger partial charge in [0.15, 0.2) is 0 Å². The van der Waals surface area contributed by atoms with Crippen LogP contribution in [0.15, 0.2) is 83.9 Å². The number of halogens is 1. The number of benzene rings is 4. The van der Waals surface area contributed by atoms with E-state index < -0.39 is 0 Å². The summed E-state index contributed by atoms with van der Waals surface area (Å²) < 4.78 is 5.20. The van der Waals surface area contributed by atoms with Crippen LogP contribution in [0.1, 0.15) is 21.5 Å². The number of rotatable bonds is 4. The topological polar surface area (TPSA) is 62.7 Å². The van der Waals surface area contributed by atoms with Gasteiger partial charge in [-0.2, -0.15) is 0 Å². The lowest BCUT2D eigenvalue weighted by Crippen LogP contribution is -2.13. The number of nitrogens with zero attached hydrogens (tertiary/aromatic N) is 1. The SMILES string of the molecule is COc1cccc(C(=O)Nc2ccc(C3=NCCNc4c3ccc3ccccc43)cc2)c1Cl. The van der Waals surface area contributed by atoms with Gasteiger partial charge in [0.05, 0.1) is 35.6 Å². The van der Waals surface area contributed by atoms with Crippen LogP contribution in [0.4, 0.5) is 11.4 Å². The molecule has 1 aliphatic heterocycles. The van der Waals surface area contributed by atoms with Gasteiger partial charge in [-0.25, -0.2) is 0 Å². The van der Waals surface area contributed by atoms with Gasteiger partial charge in [0, 0.05) is 28.7 Å². The minimum atomic E-state index is -0.292. The van der Waals surface area contributed by atoms with Crippen LogP contribution in [0.2, 0.25) is 5.02 Å². The fourth-order valence-corrected chi connectivity index (χ4v) is 4.38. The van der Waals surface area contributed by atoms with Crippen molar-refractivity contribution in [2.75, 3.05) is 30.8 Å². The molecule has 0 atom stereocenters. The molecule has 1 heterocycles. The molecule has 0 bridgehead atoms. The van der Waals surface area contributed by atoms with E-state index in [-0.39, 0.29) is 5.91 Å². The van der Waals surface area contributed by atoms with E-state index in [1.807, 2.05) is 30.3 Å². The summed E-state index contributed by atoms with van der Waals surface area (Å²) >= 11 is 6.29. The number of ether oxygens (including phenoxy) is 1. The van der Waals surface area contributed by atoms with E-state index in [0.29, 0.717) is 28.6 Å². The standard InChI is InChI=1S/C27H22ClN3O2/c1-33-23-8-4-7-21(24(23)28)27(32)31-19-12-9-18(10-13-19)25-22-14-11-17-5-2-3-6-20(17)26(22)30-16-15-29-25/h2-14,30H,15-16H2,1H3,(H,31,32). The van der Waals surface area contributed by atoms with Crippen LogP contribution >= 0.6 is 11.6 Å². The Balaban J connectivity index is 1.43. The van der Waals surface area contributed by atoms with Crippen LogP contribution in [-0.4, -0.2) is 31.8 Å². The number of aliphatic imine (C=N–C) groups is 1. The van der Waals surface area contributed by atoms with E-state index in [4.69, 9.17) is 21.3 Å². The lowest BCUT2D eigenvalue weighted by molar-refractivity contribution is 0.102. The van der Waals surface area contributed by atoms with Crippen LogP contribution in [0.5, 0.6) is 5.75 Å². The summed E-state index contributed by atoms with van der Waals surface area (Å²) in [4.78, 5) is 17.6. The Morgan fingerprint density at radius 3 is 2.64 bits per heavy atom. The Bertz CT molecular complexity index is 1380. The van der Waals surface area contributed by atoms with E-state index in [1.54, 1.807) is 18.2 Å². The summed E-state index contributed by atoms with van der Waals surface area (Å²) in [6.07, 6.45) is 0. The molecular formula is C27H22ClN3O2. The molecule has 5 rings (SSSR count). The van der Waals surface area contributed by atoms with Gasteiger partial charge in [-0.3, -0.25) is 9.79 Å². The molecule has 0 aliphatic carbocycles. The Morgan fingerprint density at radius 2 is 1.82 bits per heavy atom. The molecule has 4 aromatic rings. The second-order valence-corrected chi connectivity index (χ2v) is 8.10. The van der Waals surface area contributed by atoms with Crippen molar-refractivity contribution >= 4 is 45.4 Å². The number of nitrogens with one attached hydrogen (secondary N) is 2. The molecule has 0 saturated carbocycles. The first-order valence-electron chi connectivity index (χ1n) is 10.7. The number of anilines is 2. The van der Waals surface area contributed by atoms with Crippen molar-refractivity contribution in [3.05, 3.63) is 101 Å². The van der Waals surface area contributed by atoms with Crippen molar-refractivity contribution < 1.29 is 9.53 Å². The Labute approximate surface area is 197 Å². The zero-order valence-electron chi connectivity index (χ0n) is 18.1. The summed E-state index contributed by atoms with van der Waals surface area (Å²) in [6.45, 7) is 1.46. The highest BCUT2D eigenvalue weighted by Crippen LogP contribution is 2.31. The minimum absolute atomic E-state index is 0.290. The third-order valence-electron chi connectivity index (χ3n) is 5.71. The quantitative estimate of drug-likeness (QED) is 0.395. The van der Waals surface area contributed by atoms with E-state index in [2.05, 4.69) is 41.0 Å². The molecule has 0 saturated heterocycles. The lowest BCUT2D eigenvalue weighted by atomic mass is 9.96. The Kier molecular flexibility index (Phi) is 5.71. The van der Waals surface area contributed by atoms with Gasteiger partial charge < -0.3 is 15.4 Å². The monoisotopic (exact) mass is 455 g/mol. The molecule has 164 valence electrons. The first-order valence-corrected chi connectivity index (χ1v) is 11.1. The third kappa shape index (κ3) is 4.03. The fourth-order valence-electron chi connectivity index (χ4n) is 4.09. The van der Waals surface area contributed by atoms with Crippen LogP contribution in [0, 0.1) is 0 Å². The molecule has 4 aromatic carbocycles. The van der Waals surface area contributed by atoms with Gasteiger partial charge >= 0.3 is 0 Å². The van der Waals surface area contributed by atoms with Crippen molar-refractivity contribution in [3.63, 3.8) is 0 Å². The highest BCUT2D eigenvalue weighted by Gasteiger charge is 2.18. The predicted molar refractivity (Wildman–Crippen MR) is 135 cm³/mol. The number of amides is 1. The number of carbonyl (C=O) groups is 1. The maximum Gasteiger partial charge on any atom is 0.257 e. The molecule has 5 nitrogen and oxygen atoms in total. The van der Waals surface area contributed by atoms with Gasteiger partial charge in [0.1, 0.15) is 5.75 Å². The van der Waals surface area contributed by atoms with Gasteiger partial charge in [0.25, 0.3) is 5.91 Å². The number of hydrogen-bond acceptors (Lipinski definition) is 4. The lowest BCUT2D eigenvalue weighted by Gasteiger charge is -2.14. The Morgan fingerprint density at radius 1 is 1.00 bits per heavy atom. The van der Waals surface area contributed by atoms with E-state index in [9.17, 15) is 4.79 Å². The summed E-state index contributed by atoms with van der Waals surface area (Å²) in [7, 11) is 1.52. The molecule has 33 heavy (non-hydrogen) atoms. The van der Waals surface area contributed by atoms with Crippen molar-refractivity contribution in [2.24, 2.45) is 4.99 Å². The third-order valence-corrected chi connectivity index (χ3v) is 6.10. The maximum absolute atomic E-state index is 12.7. The van der Waals surface area contributed by atoms with E-state index in [0.717, 1.165) is 29.1 Å². The van der Waals surface area contributed by atoms with Crippen molar-refractivity contribution in [1.82, 2.24) is 0 Å². The van der Waals surface area contributed by atoms with Crippen molar-refractivity contribution in [3.8, 4) is 5.75 Å². The highest BCUT2D eigenvalue weighted by atomic mass is 35.5. The molecule has 1 amide bonds. The first kappa shape index (κ1) is 21.0. The average Bonchev–Trinajstić information content (AvgIpc) is 3.07. The number of hydrogen-bond donors (Lipinski definition) is 2. The summed E-state index contributed by atoms with van der Waals surface area (Å²) in [6, 6.07) is 25.4. The molecule has 0 radical (unpaired) electrons. The van der Waals surface area contributed by atoms with Crippen LogP contribution in [0.25, 0.3) is 10.8 Å². The van der Waals surface area contributed by atoms with Gasteiger partial charge in [-0.15, -0.1) is 0 Å². The first-order chi connectivity index (χ1) is 16.2. The Hall–Kier alpha value is -3.83. The molecule has 6 heteroatoms. The van der Waals surface area contributed by atoms with Crippen LogP contribution in [0.3, 0.4) is 0 Å². The van der Waals surface area contributed by atoms with E-state index >= 15 is 0 Å². The molecule has 1 aliphatic rings. The molecule has 2 N–H and O–H groups in total. The van der Waals surface area contributed by atoms with Gasteiger partial charge in [0.2, 0.25) is 0 Å². The van der Waals surface area contributed by atoms with Gasteiger partial charge in [-0.05, 0) is 29.7 Å². The predicted octanol–water partition coefficient (Wildman–Crippen LogP) is 6.02. The average molecular weight is 456 g/mol. The normalized spacial score (nSPS) is 12.8. The van der Waals surface area contributed by atoms with Gasteiger partial charge in [-0.1, -0.05) is 66.2 Å². The zero-order chi connectivity index (χ0) is 22.8. The van der Waals surface area contributed by atoms with Crippen molar-refractivity contribution in [2.45, 2.75) is 0 Å². The van der Waals surface area contributed by atoms with Crippen LogP contribution < -0.4 is 15.4 Å². The molecule has 0 aromatic heterocycles. The van der Waals surface area contributed by atoms with Crippen LogP contribution in [-0.2, 0) is 0 Å². The minimum Gasteiger partial charge on any atom is -0.495 e. The van der Waals surface area contributed by atoms with Crippen molar-refractivity contribution in [1.29, 1.82) is 0 Å². The molecule has 0 unspecified atom stereocenters. The smallest absolute Gasteiger partial charge is 0.257 e. The fraction of sp³-hybridized carbons (Fsp3) is 0.111. The summed E-state index contributed by atoms with van der Waals surface area (Å²) in [5.41, 5.74) is 5.15. The number of fused-ring (bicyclic) bond motifs is 3. The highest BCUT2D eigenvalue weighted by molar-refractivity contribution is 6.35. The molecular weight excluding hydrogens is 434 g/mol. The molecule has 0 fully saturated rings.